The highest BCUT2D eigenvalue weighted by molar-refractivity contribution is 5.10. The number of nitrogens with zero attached hydrogens (tertiary/aromatic N) is 1. The molecule has 0 saturated heterocycles. The van der Waals surface area contributed by atoms with E-state index in [1.807, 2.05) is 0 Å². The minimum atomic E-state index is -1.08. The maximum Gasteiger partial charge on any atom is 0.159 e. The van der Waals surface area contributed by atoms with Gasteiger partial charge in [-0.15, -0.1) is 0 Å². The van der Waals surface area contributed by atoms with Crippen molar-refractivity contribution in [2.45, 2.75) is 63.8 Å². The highest BCUT2D eigenvalue weighted by atomic mass is 16.7. The van der Waals surface area contributed by atoms with Gasteiger partial charge in [-0.05, 0) is 19.8 Å². The number of ether oxygens (including phenoxy) is 2. The van der Waals surface area contributed by atoms with Gasteiger partial charge in [0.2, 0.25) is 0 Å². The van der Waals surface area contributed by atoms with Crippen molar-refractivity contribution in [1.29, 1.82) is 5.26 Å². The number of rotatable bonds is 5. The van der Waals surface area contributed by atoms with Crippen LogP contribution in [0.5, 0.6) is 0 Å². The van der Waals surface area contributed by atoms with Gasteiger partial charge in [0.25, 0.3) is 0 Å². The van der Waals surface area contributed by atoms with Gasteiger partial charge in [-0.2, -0.15) is 5.26 Å². The van der Waals surface area contributed by atoms with Crippen LogP contribution in [0.2, 0.25) is 0 Å². The molecule has 0 heterocycles. The molecule has 0 radical (unpaired) electrons. The minimum absolute atomic E-state index is 0.327. The first-order valence-electron chi connectivity index (χ1n) is 6.70. The second-order valence-corrected chi connectivity index (χ2v) is 5.49. The van der Waals surface area contributed by atoms with Crippen LogP contribution in [0.1, 0.15) is 51.9 Å². The van der Waals surface area contributed by atoms with E-state index in [0.29, 0.717) is 6.42 Å². The van der Waals surface area contributed by atoms with Gasteiger partial charge in [0.05, 0.1) is 17.1 Å². The summed E-state index contributed by atoms with van der Waals surface area (Å²) in [5.41, 5.74) is -1.75. The molecule has 0 aromatic rings. The molecule has 0 bridgehead atoms. The number of hydrogen-bond donors (Lipinski definition) is 1. The first kappa shape index (κ1) is 15.4. The van der Waals surface area contributed by atoms with Crippen LogP contribution < -0.4 is 0 Å². The van der Waals surface area contributed by atoms with Crippen LogP contribution in [-0.2, 0) is 9.47 Å². The zero-order valence-corrected chi connectivity index (χ0v) is 11.7. The molecule has 4 heteroatoms. The first-order valence-corrected chi connectivity index (χ1v) is 6.70. The normalized spacial score (nSPS) is 23.1. The zero-order valence-electron chi connectivity index (χ0n) is 11.7. The van der Waals surface area contributed by atoms with Gasteiger partial charge in [-0.1, -0.05) is 25.7 Å². The number of aliphatic hydroxyl groups is 1. The maximum atomic E-state index is 10.8. The molecule has 1 saturated carbocycles. The third kappa shape index (κ3) is 3.23. The Labute approximate surface area is 110 Å². The fourth-order valence-electron chi connectivity index (χ4n) is 2.89. The molecule has 1 aliphatic carbocycles. The van der Waals surface area contributed by atoms with E-state index in [0.717, 1.165) is 38.5 Å². The average molecular weight is 255 g/mol. The summed E-state index contributed by atoms with van der Waals surface area (Å²) in [6, 6.07) is 2.39. The Hall–Kier alpha value is -0.630. The van der Waals surface area contributed by atoms with Crippen LogP contribution in [0.3, 0.4) is 0 Å². The van der Waals surface area contributed by atoms with Gasteiger partial charge in [-0.3, -0.25) is 0 Å². The zero-order chi connectivity index (χ0) is 13.6. The van der Waals surface area contributed by atoms with E-state index >= 15 is 0 Å². The second-order valence-electron chi connectivity index (χ2n) is 5.49. The molecule has 4 nitrogen and oxygen atoms in total. The molecule has 0 aromatic carbocycles. The van der Waals surface area contributed by atoms with Crippen molar-refractivity contribution in [2.75, 3.05) is 14.2 Å². The SMILES string of the molecule is COC(CC(C)(O)C1(C#N)CCCCCC1)OC. The number of hydrogen-bond acceptors (Lipinski definition) is 4. The van der Waals surface area contributed by atoms with E-state index in [-0.39, 0.29) is 0 Å². The van der Waals surface area contributed by atoms with E-state index in [1.165, 1.54) is 0 Å². The van der Waals surface area contributed by atoms with Gasteiger partial charge in [-0.25, -0.2) is 0 Å². The standard InChI is InChI=1S/C14H25NO3/c1-13(16,10-12(17-2)18-3)14(11-15)8-6-4-5-7-9-14/h12,16H,4-10H2,1-3H3. The van der Waals surface area contributed by atoms with Gasteiger partial charge >= 0.3 is 0 Å². The quantitative estimate of drug-likeness (QED) is 0.606. The van der Waals surface area contributed by atoms with Crippen molar-refractivity contribution in [3.63, 3.8) is 0 Å². The lowest BCUT2D eigenvalue weighted by Gasteiger charge is -2.41. The van der Waals surface area contributed by atoms with Crippen molar-refractivity contribution < 1.29 is 14.6 Å². The second kappa shape index (κ2) is 6.51. The Morgan fingerprint density at radius 2 is 1.72 bits per heavy atom. The Kier molecular flexibility index (Phi) is 5.58. The van der Waals surface area contributed by atoms with E-state index in [4.69, 9.17) is 9.47 Å². The average Bonchev–Trinajstić information content (AvgIpc) is 2.62. The smallest absolute Gasteiger partial charge is 0.159 e. The molecule has 0 aromatic heterocycles. The summed E-state index contributed by atoms with van der Waals surface area (Å²) in [5, 5.41) is 20.3. The minimum Gasteiger partial charge on any atom is -0.388 e. The van der Waals surface area contributed by atoms with Crippen LogP contribution in [-0.4, -0.2) is 31.2 Å². The molecule has 1 fully saturated rings. The summed E-state index contributed by atoms with van der Waals surface area (Å²) in [6.07, 6.45) is 5.70. The van der Waals surface area contributed by atoms with Crippen molar-refractivity contribution >= 4 is 0 Å². The summed E-state index contributed by atoms with van der Waals surface area (Å²) in [6.45, 7) is 1.74. The summed E-state index contributed by atoms with van der Waals surface area (Å²) in [5.74, 6) is 0. The third-order valence-corrected chi connectivity index (χ3v) is 4.29. The molecule has 0 aliphatic heterocycles. The Morgan fingerprint density at radius 3 is 2.11 bits per heavy atom. The van der Waals surface area contributed by atoms with Crippen LogP contribution in [0.15, 0.2) is 0 Å². The molecule has 1 N–H and O–H groups in total. The van der Waals surface area contributed by atoms with E-state index in [9.17, 15) is 10.4 Å². The molecule has 1 aliphatic rings. The third-order valence-electron chi connectivity index (χ3n) is 4.29. The Balaban J connectivity index is 2.86. The summed E-state index contributed by atoms with van der Waals surface area (Å²) in [7, 11) is 3.10. The lowest BCUT2D eigenvalue weighted by molar-refractivity contribution is -0.163. The lowest BCUT2D eigenvalue weighted by atomic mass is 9.67. The molecule has 1 unspecified atom stereocenters. The van der Waals surface area contributed by atoms with Gasteiger partial charge < -0.3 is 14.6 Å². The Bertz CT molecular complexity index is 284. The van der Waals surface area contributed by atoms with Crippen molar-refractivity contribution in [3.05, 3.63) is 0 Å². The molecule has 1 rings (SSSR count). The summed E-state index contributed by atoms with van der Waals surface area (Å²) in [4.78, 5) is 0. The highest BCUT2D eigenvalue weighted by Crippen LogP contribution is 2.45. The number of methoxy groups -OCH3 is 2. The molecular formula is C14H25NO3. The summed E-state index contributed by atoms with van der Waals surface area (Å²) >= 11 is 0. The molecular weight excluding hydrogens is 230 g/mol. The topological polar surface area (TPSA) is 62.5 Å². The molecule has 0 amide bonds. The molecule has 18 heavy (non-hydrogen) atoms. The van der Waals surface area contributed by atoms with Crippen LogP contribution >= 0.6 is 0 Å². The van der Waals surface area contributed by atoms with Crippen molar-refractivity contribution in [2.24, 2.45) is 5.41 Å². The predicted molar refractivity (Wildman–Crippen MR) is 68.8 cm³/mol. The summed E-state index contributed by atoms with van der Waals surface area (Å²) < 4.78 is 10.3. The van der Waals surface area contributed by atoms with Gasteiger partial charge in [0.15, 0.2) is 6.29 Å². The van der Waals surface area contributed by atoms with Crippen LogP contribution in [0, 0.1) is 16.7 Å². The fraction of sp³-hybridized carbons (Fsp3) is 0.929. The Morgan fingerprint density at radius 1 is 1.22 bits per heavy atom. The first-order chi connectivity index (χ1) is 8.51. The van der Waals surface area contributed by atoms with E-state index < -0.39 is 17.3 Å². The predicted octanol–water partition coefficient (Wildman–Crippen LogP) is 2.61. The monoisotopic (exact) mass is 255 g/mol. The van der Waals surface area contributed by atoms with E-state index in [1.54, 1.807) is 21.1 Å². The van der Waals surface area contributed by atoms with Crippen molar-refractivity contribution in [3.8, 4) is 6.07 Å². The maximum absolute atomic E-state index is 10.8. The van der Waals surface area contributed by atoms with Crippen LogP contribution in [0.4, 0.5) is 0 Å². The highest BCUT2D eigenvalue weighted by Gasteiger charge is 2.48. The number of nitriles is 1. The molecule has 0 spiro atoms. The van der Waals surface area contributed by atoms with Crippen LogP contribution in [0.25, 0.3) is 0 Å². The van der Waals surface area contributed by atoms with E-state index in [2.05, 4.69) is 6.07 Å². The van der Waals surface area contributed by atoms with Gasteiger partial charge in [0.1, 0.15) is 0 Å². The largest absolute Gasteiger partial charge is 0.388 e. The molecule has 1 atom stereocenters. The van der Waals surface area contributed by atoms with Crippen molar-refractivity contribution in [1.82, 2.24) is 0 Å². The van der Waals surface area contributed by atoms with Gasteiger partial charge in [0, 0.05) is 20.6 Å². The molecule has 104 valence electrons. The fourth-order valence-corrected chi connectivity index (χ4v) is 2.89. The lowest BCUT2D eigenvalue weighted by Crippen LogP contribution is -2.47.